The van der Waals surface area contributed by atoms with Crippen LogP contribution < -0.4 is 10.4 Å². The summed E-state index contributed by atoms with van der Waals surface area (Å²) in [4.78, 5) is 0. The average molecular weight is 333 g/mol. The lowest BCUT2D eigenvalue weighted by molar-refractivity contribution is 0.923. The molecule has 0 fully saturated rings. The molecule has 0 nitrogen and oxygen atoms in total. The smallest absolute Gasteiger partial charge is 0.0399 e. The Hall–Kier alpha value is -3.12. The second kappa shape index (κ2) is 6.31. The van der Waals surface area contributed by atoms with Gasteiger partial charge in [0.25, 0.3) is 0 Å². The zero-order valence-electron chi connectivity index (χ0n) is 15.5. The van der Waals surface area contributed by atoms with Gasteiger partial charge in [-0.25, -0.2) is 0 Å². The van der Waals surface area contributed by atoms with Crippen LogP contribution in [0.3, 0.4) is 0 Å². The average Bonchev–Trinajstić information content (AvgIpc) is 2.74. The van der Waals surface area contributed by atoms with Crippen molar-refractivity contribution >= 4 is 22.9 Å². The van der Waals surface area contributed by atoms with Gasteiger partial charge in [0.1, 0.15) is 0 Å². The molecule has 0 heterocycles. The first kappa shape index (κ1) is 14.1. The number of hydrogen-bond donors (Lipinski definition) is 0. The third-order valence-electron chi connectivity index (χ3n) is 5.21. The highest BCUT2D eigenvalue weighted by Gasteiger charge is 2.11. The normalized spacial score (nSPS) is 19.2. The van der Waals surface area contributed by atoms with Crippen LogP contribution in [-0.2, 0) is 0 Å². The van der Waals surface area contributed by atoms with Crippen molar-refractivity contribution in [1.29, 1.82) is 0 Å². The molecule has 0 radical (unpaired) electrons. The van der Waals surface area contributed by atoms with Crippen molar-refractivity contribution in [3.05, 3.63) is 107 Å². The van der Waals surface area contributed by atoms with Crippen molar-refractivity contribution in [2.45, 2.75) is 12.3 Å². The number of benzene rings is 4. The van der Waals surface area contributed by atoms with Crippen molar-refractivity contribution < 1.29 is 1.37 Å². The fourth-order valence-electron chi connectivity index (χ4n) is 3.82. The summed E-state index contributed by atoms with van der Waals surface area (Å²) in [7, 11) is 0. The summed E-state index contributed by atoms with van der Waals surface area (Å²) in [6.07, 6.45) is 5.06. The summed E-state index contributed by atoms with van der Waals surface area (Å²) in [5, 5.41) is 4.84. The number of hydrogen-bond acceptors (Lipinski definition) is 0. The maximum Gasteiger partial charge on any atom is 0.0399 e. The molecule has 4 aromatic carbocycles. The lowest BCUT2D eigenvalue weighted by Crippen LogP contribution is -2.29. The molecule has 5 rings (SSSR count). The molecule has 0 bridgehead atoms. The van der Waals surface area contributed by atoms with Crippen LogP contribution in [-0.4, -0.2) is 0 Å². The topological polar surface area (TPSA) is 0 Å². The van der Waals surface area contributed by atoms with E-state index in [9.17, 15) is 0 Å². The lowest BCUT2D eigenvalue weighted by Gasteiger charge is -2.16. The monoisotopic (exact) mass is 333 g/mol. The largest absolute Gasteiger partial charge is 0.0757 e. The quantitative estimate of drug-likeness (QED) is 0.470. The molecule has 0 spiro atoms. The summed E-state index contributed by atoms with van der Waals surface area (Å²) in [6, 6.07) is 31.7. The maximum absolute atomic E-state index is 9.10. The van der Waals surface area contributed by atoms with E-state index in [0.717, 1.165) is 5.56 Å². The van der Waals surface area contributed by atoms with Gasteiger partial charge in [-0.3, -0.25) is 0 Å². The van der Waals surface area contributed by atoms with E-state index in [4.69, 9.17) is 1.37 Å². The fraction of sp³-hybridized carbons (Fsp3) is 0.0769. The Morgan fingerprint density at radius 3 is 2.27 bits per heavy atom. The summed E-state index contributed by atoms with van der Waals surface area (Å²) >= 11 is 0. The Morgan fingerprint density at radius 2 is 1.46 bits per heavy atom. The van der Waals surface area contributed by atoms with E-state index in [1.165, 1.54) is 32.3 Å². The highest BCUT2D eigenvalue weighted by Crippen LogP contribution is 2.25. The van der Waals surface area contributed by atoms with Crippen molar-refractivity contribution in [3.63, 3.8) is 0 Å². The Kier molecular flexibility index (Phi) is 3.42. The zero-order chi connectivity index (χ0) is 18.3. The third kappa shape index (κ3) is 2.64. The summed E-state index contributed by atoms with van der Waals surface area (Å²) in [5.41, 5.74) is 3.48. The molecule has 0 amide bonds. The predicted molar refractivity (Wildman–Crippen MR) is 111 cm³/mol. The van der Waals surface area contributed by atoms with E-state index >= 15 is 0 Å². The predicted octanol–water partition coefficient (Wildman–Crippen LogP) is 5.26. The molecule has 1 aliphatic rings. The summed E-state index contributed by atoms with van der Waals surface area (Å²) < 4.78 is 9.10. The van der Waals surface area contributed by atoms with E-state index < -0.39 is 5.89 Å². The van der Waals surface area contributed by atoms with Gasteiger partial charge in [-0.1, -0.05) is 97.1 Å². The van der Waals surface area contributed by atoms with Gasteiger partial charge >= 0.3 is 0 Å². The lowest BCUT2D eigenvalue weighted by atomic mass is 9.88. The molecule has 124 valence electrons. The van der Waals surface area contributed by atoms with E-state index in [1.807, 2.05) is 24.3 Å². The van der Waals surface area contributed by atoms with E-state index in [2.05, 4.69) is 78.9 Å². The van der Waals surface area contributed by atoms with Gasteiger partial charge in [-0.05, 0) is 50.4 Å². The van der Waals surface area contributed by atoms with Gasteiger partial charge in [0, 0.05) is 7.26 Å². The Balaban J connectivity index is 1.77. The highest BCUT2D eigenvalue weighted by molar-refractivity contribution is 5.89. The minimum absolute atomic E-state index is 0.702. The zero-order valence-corrected chi connectivity index (χ0v) is 14.5. The first-order valence-electron chi connectivity index (χ1n) is 9.60. The van der Waals surface area contributed by atoms with Crippen LogP contribution in [0, 0.1) is 0 Å². The molecule has 26 heavy (non-hydrogen) atoms. The van der Waals surface area contributed by atoms with Crippen molar-refractivity contribution in [2.24, 2.45) is 0 Å². The maximum atomic E-state index is 9.10. The van der Waals surface area contributed by atoms with Gasteiger partial charge < -0.3 is 0 Å². The molecule has 0 aromatic heterocycles. The second-order valence-electron chi connectivity index (χ2n) is 6.81. The molecule has 1 atom stereocenters. The van der Waals surface area contributed by atoms with Gasteiger partial charge in [0.2, 0.25) is 0 Å². The second-order valence-corrected chi connectivity index (χ2v) is 6.81. The number of rotatable bonds is 2. The first-order valence-corrected chi connectivity index (χ1v) is 9.10. The highest BCUT2D eigenvalue weighted by atomic mass is 14.2. The molecule has 0 saturated carbocycles. The van der Waals surface area contributed by atoms with Gasteiger partial charge in [0.05, 0.1) is 0 Å². The van der Waals surface area contributed by atoms with Crippen LogP contribution >= 0.6 is 0 Å². The standard InChI is InChI=1S/C26H20/c1-3-7-19(8-4-1)23-15-13-21-11-12-22-14-16-24(18-26(22)25(21)17-23)20-9-5-2-6-10-20/h1-15,17-18,24H,16H2/i24D. The molecule has 1 unspecified atom stereocenters. The Labute approximate surface area is 155 Å². The molecule has 0 aliphatic heterocycles. The van der Waals surface area contributed by atoms with Crippen LogP contribution in [0.25, 0.3) is 34.1 Å². The van der Waals surface area contributed by atoms with Crippen LogP contribution in [0.2, 0.25) is 0 Å². The van der Waals surface area contributed by atoms with Crippen molar-refractivity contribution in [1.82, 2.24) is 0 Å². The molecule has 0 saturated heterocycles. The van der Waals surface area contributed by atoms with Crippen molar-refractivity contribution in [2.75, 3.05) is 0 Å². The Bertz CT molecular complexity index is 1240. The third-order valence-corrected chi connectivity index (χ3v) is 5.21. The molecular formula is C26H20. The fourth-order valence-corrected chi connectivity index (χ4v) is 3.82. The minimum atomic E-state index is -0.717. The SMILES string of the molecule is [2H]C1(c2ccccc2)C=c2c(ccc3ccc(-c4ccccc4)cc23)=CC1. The molecular weight excluding hydrogens is 312 g/mol. The molecule has 1 aliphatic carbocycles. The van der Waals surface area contributed by atoms with Crippen molar-refractivity contribution in [3.8, 4) is 11.1 Å². The van der Waals surface area contributed by atoms with Crippen LogP contribution in [0.15, 0.2) is 91.0 Å². The van der Waals surface area contributed by atoms with Crippen LogP contribution in [0.1, 0.15) is 19.2 Å². The van der Waals surface area contributed by atoms with E-state index in [-0.39, 0.29) is 0 Å². The number of fused-ring (bicyclic) bond motifs is 3. The van der Waals surface area contributed by atoms with E-state index in [0.29, 0.717) is 6.42 Å². The Morgan fingerprint density at radius 1 is 0.731 bits per heavy atom. The molecule has 4 aromatic rings. The summed E-state index contributed by atoms with van der Waals surface area (Å²) in [5.74, 6) is -0.717. The van der Waals surface area contributed by atoms with Gasteiger partial charge in [-0.2, -0.15) is 0 Å². The van der Waals surface area contributed by atoms with Crippen LogP contribution in [0.4, 0.5) is 0 Å². The van der Waals surface area contributed by atoms with E-state index in [1.54, 1.807) is 0 Å². The minimum Gasteiger partial charge on any atom is -0.0757 e. The summed E-state index contributed by atoms with van der Waals surface area (Å²) in [6.45, 7) is 0. The van der Waals surface area contributed by atoms with Gasteiger partial charge in [0.15, 0.2) is 0 Å². The first-order chi connectivity index (χ1) is 13.2. The van der Waals surface area contributed by atoms with Crippen LogP contribution in [0.5, 0.6) is 0 Å². The molecule has 0 heteroatoms. The van der Waals surface area contributed by atoms with Gasteiger partial charge in [-0.15, -0.1) is 0 Å². The molecule has 0 N–H and O–H groups in total.